The fourth-order valence-corrected chi connectivity index (χ4v) is 1.89. The summed E-state index contributed by atoms with van der Waals surface area (Å²) in [6.45, 7) is 1.48. The minimum Gasteiger partial charge on any atom is -0.497 e. The summed E-state index contributed by atoms with van der Waals surface area (Å²) in [6.07, 6.45) is 4.93. The van der Waals surface area contributed by atoms with Crippen molar-refractivity contribution in [3.05, 3.63) is 48.3 Å². The van der Waals surface area contributed by atoms with Gasteiger partial charge in [0.15, 0.2) is 0 Å². The molecule has 2 rings (SSSR count). The van der Waals surface area contributed by atoms with E-state index >= 15 is 0 Å². The van der Waals surface area contributed by atoms with Gasteiger partial charge >= 0.3 is 0 Å². The second-order valence-corrected chi connectivity index (χ2v) is 4.50. The van der Waals surface area contributed by atoms with E-state index in [-0.39, 0.29) is 5.91 Å². The highest BCUT2D eigenvalue weighted by Crippen LogP contribution is 2.11. The highest BCUT2D eigenvalue weighted by atomic mass is 16.5. The van der Waals surface area contributed by atoms with Crippen molar-refractivity contribution >= 4 is 5.91 Å². The number of nitrogens with one attached hydrogen (secondary N) is 1. The zero-order valence-electron chi connectivity index (χ0n) is 11.6. The summed E-state index contributed by atoms with van der Waals surface area (Å²) in [5, 5.41) is 7.02. The maximum Gasteiger partial charge on any atom is 0.224 e. The normalized spacial score (nSPS) is 10.2. The van der Waals surface area contributed by atoms with Gasteiger partial charge in [0, 0.05) is 25.5 Å². The summed E-state index contributed by atoms with van der Waals surface area (Å²) in [5.74, 6) is 0.837. The highest BCUT2D eigenvalue weighted by molar-refractivity contribution is 5.78. The molecule has 20 heavy (non-hydrogen) atoms. The van der Waals surface area contributed by atoms with Crippen LogP contribution in [0.3, 0.4) is 0 Å². The molecule has 0 aliphatic heterocycles. The molecule has 0 bridgehead atoms. The Morgan fingerprint density at radius 3 is 2.80 bits per heavy atom. The van der Waals surface area contributed by atoms with Crippen LogP contribution in [0.2, 0.25) is 0 Å². The molecule has 0 radical (unpaired) electrons. The van der Waals surface area contributed by atoms with E-state index in [1.54, 1.807) is 13.3 Å². The van der Waals surface area contributed by atoms with Crippen molar-refractivity contribution in [1.82, 2.24) is 15.1 Å². The summed E-state index contributed by atoms with van der Waals surface area (Å²) in [4.78, 5) is 11.8. The molecule has 0 saturated heterocycles. The van der Waals surface area contributed by atoms with Gasteiger partial charge in [0.1, 0.15) is 5.75 Å². The number of rotatable bonds is 7. The monoisotopic (exact) mass is 273 g/mol. The van der Waals surface area contributed by atoms with E-state index in [2.05, 4.69) is 10.4 Å². The molecule has 1 aromatic carbocycles. The Morgan fingerprint density at radius 2 is 2.15 bits per heavy atom. The Balaban J connectivity index is 1.66. The molecule has 0 spiro atoms. The second kappa shape index (κ2) is 7.33. The number of amides is 1. The zero-order chi connectivity index (χ0) is 14.2. The van der Waals surface area contributed by atoms with Gasteiger partial charge in [-0.2, -0.15) is 5.10 Å². The summed E-state index contributed by atoms with van der Waals surface area (Å²) in [5.41, 5.74) is 0.982. The van der Waals surface area contributed by atoms with Crippen molar-refractivity contribution in [2.24, 2.45) is 0 Å². The van der Waals surface area contributed by atoms with Gasteiger partial charge in [0.05, 0.1) is 13.5 Å². The Kier molecular flexibility index (Phi) is 5.17. The van der Waals surface area contributed by atoms with Gasteiger partial charge in [0.2, 0.25) is 5.91 Å². The molecule has 106 valence electrons. The number of aryl methyl sites for hydroxylation is 1. The molecule has 5 heteroatoms. The summed E-state index contributed by atoms with van der Waals surface area (Å²) in [6, 6.07) is 9.42. The predicted molar refractivity (Wildman–Crippen MR) is 76.6 cm³/mol. The van der Waals surface area contributed by atoms with Crippen molar-refractivity contribution in [2.75, 3.05) is 13.7 Å². The van der Waals surface area contributed by atoms with Crippen molar-refractivity contribution in [3.63, 3.8) is 0 Å². The van der Waals surface area contributed by atoms with Gasteiger partial charge in [0.25, 0.3) is 0 Å². The molecule has 1 amide bonds. The molecule has 0 aliphatic carbocycles. The minimum absolute atomic E-state index is 0.0376. The van der Waals surface area contributed by atoms with Gasteiger partial charge in [-0.05, 0) is 30.2 Å². The van der Waals surface area contributed by atoms with Crippen LogP contribution < -0.4 is 10.1 Å². The van der Waals surface area contributed by atoms with Crippen LogP contribution in [0.25, 0.3) is 0 Å². The molecule has 1 aromatic heterocycles. The maximum atomic E-state index is 11.8. The second-order valence-electron chi connectivity index (χ2n) is 4.50. The van der Waals surface area contributed by atoms with Crippen LogP contribution >= 0.6 is 0 Å². The van der Waals surface area contributed by atoms with Gasteiger partial charge in [-0.3, -0.25) is 9.48 Å². The number of hydrogen-bond donors (Lipinski definition) is 1. The number of aromatic nitrogens is 2. The predicted octanol–water partition coefficient (Wildman–Crippen LogP) is 1.64. The average Bonchev–Trinajstić information content (AvgIpc) is 2.98. The first-order valence-corrected chi connectivity index (χ1v) is 6.65. The number of methoxy groups -OCH3 is 1. The molecule has 0 fully saturated rings. The molecule has 0 aliphatic rings. The Labute approximate surface area is 118 Å². The lowest BCUT2D eigenvalue weighted by atomic mass is 10.1. The molecular formula is C15H19N3O2. The van der Waals surface area contributed by atoms with Crippen molar-refractivity contribution in [3.8, 4) is 5.75 Å². The van der Waals surface area contributed by atoms with E-state index in [0.29, 0.717) is 13.0 Å². The molecular weight excluding hydrogens is 254 g/mol. The van der Waals surface area contributed by atoms with E-state index < -0.39 is 0 Å². The molecule has 5 nitrogen and oxygen atoms in total. The van der Waals surface area contributed by atoms with E-state index in [1.165, 1.54) is 0 Å². The van der Waals surface area contributed by atoms with Crippen LogP contribution in [0.4, 0.5) is 0 Å². The number of carbonyl (C=O) groups is 1. The first kappa shape index (κ1) is 14.1. The lowest BCUT2D eigenvalue weighted by Crippen LogP contribution is -2.26. The van der Waals surface area contributed by atoms with Crippen molar-refractivity contribution in [1.29, 1.82) is 0 Å². The molecule has 1 N–H and O–H groups in total. The number of nitrogens with zero attached hydrogens (tertiary/aromatic N) is 2. The SMILES string of the molecule is COc1ccc(CC(=O)NCCCn2cccn2)cc1. The van der Waals surface area contributed by atoms with Crippen molar-refractivity contribution in [2.45, 2.75) is 19.4 Å². The third-order valence-corrected chi connectivity index (χ3v) is 2.97. The number of carbonyl (C=O) groups excluding carboxylic acids is 1. The molecule has 2 aromatic rings. The van der Waals surface area contributed by atoms with E-state index in [0.717, 1.165) is 24.3 Å². The van der Waals surface area contributed by atoms with Crippen LogP contribution in [-0.4, -0.2) is 29.3 Å². The fourth-order valence-electron chi connectivity index (χ4n) is 1.89. The molecule has 1 heterocycles. The van der Waals surface area contributed by atoms with Crippen molar-refractivity contribution < 1.29 is 9.53 Å². The Morgan fingerprint density at radius 1 is 1.35 bits per heavy atom. The Bertz CT molecular complexity index is 521. The fraction of sp³-hybridized carbons (Fsp3) is 0.333. The smallest absolute Gasteiger partial charge is 0.224 e. The van der Waals surface area contributed by atoms with Crippen LogP contribution in [0.15, 0.2) is 42.7 Å². The average molecular weight is 273 g/mol. The van der Waals surface area contributed by atoms with E-state index in [1.807, 2.05) is 41.2 Å². The third kappa shape index (κ3) is 4.42. The number of hydrogen-bond acceptors (Lipinski definition) is 3. The largest absolute Gasteiger partial charge is 0.497 e. The summed E-state index contributed by atoms with van der Waals surface area (Å²) < 4.78 is 6.94. The van der Waals surface area contributed by atoms with Gasteiger partial charge in [-0.1, -0.05) is 12.1 Å². The zero-order valence-corrected chi connectivity index (χ0v) is 11.6. The first-order chi connectivity index (χ1) is 9.78. The maximum absolute atomic E-state index is 11.8. The standard InChI is InChI=1S/C15H19N3O2/c1-20-14-6-4-13(5-7-14)12-15(19)16-8-2-10-18-11-3-9-17-18/h3-7,9,11H,2,8,10,12H2,1H3,(H,16,19). The number of ether oxygens (including phenoxy) is 1. The van der Waals surface area contributed by atoms with Crippen LogP contribution in [0.5, 0.6) is 5.75 Å². The van der Waals surface area contributed by atoms with Crippen LogP contribution in [-0.2, 0) is 17.8 Å². The lowest BCUT2D eigenvalue weighted by Gasteiger charge is -2.06. The van der Waals surface area contributed by atoms with Crippen LogP contribution in [0, 0.1) is 0 Å². The topological polar surface area (TPSA) is 56.1 Å². The third-order valence-electron chi connectivity index (χ3n) is 2.97. The van der Waals surface area contributed by atoms with Gasteiger partial charge in [-0.15, -0.1) is 0 Å². The lowest BCUT2D eigenvalue weighted by molar-refractivity contribution is -0.120. The molecule has 0 atom stereocenters. The quantitative estimate of drug-likeness (QED) is 0.780. The molecule has 0 unspecified atom stereocenters. The van der Waals surface area contributed by atoms with Gasteiger partial charge in [-0.25, -0.2) is 0 Å². The highest BCUT2D eigenvalue weighted by Gasteiger charge is 2.03. The van der Waals surface area contributed by atoms with Gasteiger partial charge < -0.3 is 10.1 Å². The molecule has 0 saturated carbocycles. The van der Waals surface area contributed by atoms with Crippen LogP contribution in [0.1, 0.15) is 12.0 Å². The summed E-state index contributed by atoms with van der Waals surface area (Å²) in [7, 11) is 1.63. The first-order valence-electron chi connectivity index (χ1n) is 6.65. The number of benzene rings is 1. The van der Waals surface area contributed by atoms with E-state index in [9.17, 15) is 4.79 Å². The van der Waals surface area contributed by atoms with E-state index in [4.69, 9.17) is 4.74 Å². The summed E-state index contributed by atoms with van der Waals surface area (Å²) >= 11 is 0. The minimum atomic E-state index is 0.0376. The Hall–Kier alpha value is -2.30.